The van der Waals surface area contributed by atoms with Crippen LogP contribution in [0.4, 0.5) is 0 Å². The summed E-state index contributed by atoms with van der Waals surface area (Å²) < 4.78 is 0. The minimum atomic E-state index is -1.79. The molecule has 0 aliphatic carbocycles. The molecule has 0 saturated heterocycles. The van der Waals surface area contributed by atoms with Crippen LogP contribution < -0.4 is 5.32 Å². The third-order valence-electron chi connectivity index (χ3n) is 2.43. The number of carbonyl (C=O) groups is 2. The van der Waals surface area contributed by atoms with E-state index in [2.05, 4.69) is 5.32 Å². The second-order valence-corrected chi connectivity index (χ2v) is 4.27. The van der Waals surface area contributed by atoms with Gasteiger partial charge in [0.2, 0.25) is 0 Å². The van der Waals surface area contributed by atoms with E-state index >= 15 is 0 Å². The highest BCUT2D eigenvalue weighted by atomic mass is 16.4. The molecule has 0 heterocycles. The molecular weight excluding hydrogens is 298 g/mol. The lowest BCUT2D eigenvalue weighted by Gasteiger charge is -2.10. The number of hydrogen-bond acceptors (Lipinski definition) is 7. The first-order chi connectivity index (χ1) is 10.2. The zero-order valence-corrected chi connectivity index (χ0v) is 11.8. The van der Waals surface area contributed by atoms with Crippen LogP contribution in [0.15, 0.2) is 18.2 Å². The summed E-state index contributed by atoms with van der Waals surface area (Å²) in [5.74, 6) is -3.24. The van der Waals surface area contributed by atoms with E-state index in [1.807, 2.05) is 0 Å². The molecule has 0 spiro atoms. The lowest BCUT2D eigenvalue weighted by Crippen LogP contribution is -2.22. The fourth-order valence-electron chi connectivity index (χ4n) is 1.31. The second kappa shape index (κ2) is 9.55. The highest BCUT2D eigenvalue weighted by molar-refractivity contribution is 5.79. The molecule has 9 heteroatoms. The molecule has 124 valence electrons. The number of nitrogens with one attached hydrogen (secondary N) is 1. The van der Waals surface area contributed by atoms with Gasteiger partial charge in [0.15, 0.2) is 17.6 Å². The fraction of sp³-hybridized carbons (Fsp3) is 0.385. The Bertz CT molecular complexity index is 505. The van der Waals surface area contributed by atoms with Crippen molar-refractivity contribution < 1.29 is 40.2 Å². The summed E-state index contributed by atoms with van der Waals surface area (Å²) in [6.45, 7) is 0.407. The maximum absolute atomic E-state index is 9.72. The second-order valence-electron chi connectivity index (χ2n) is 4.27. The molecule has 7 N–H and O–H groups in total. The first kappa shape index (κ1) is 19.6. The number of carboxylic acid groups (broad SMARTS) is 2. The average molecular weight is 317 g/mol. The number of aliphatic hydroxyl groups excluding tert-OH is 2. The zero-order valence-electron chi connectivity index (χ0n) is 11.8. The largest absolute Gasteiger partial charge is 0.504 e. The summed E-state index contributed by atoms with van der Waals surface area (Å²) in [7, 11) is 1.73. The Kier molecular flexibility index (Phi) is 8.53. The standard InChI is InChI=1S/C9H13NO3.C4H6O5/c1-10-5-9(13)6-2-3-7(11)8(12)4-6;5-2(4(8)9)1-3(6)7/h2-4,9-13H,5H2,1H3;2,5H,1H2,(H,6,7)(H,8,9). The number of aliphatic hydroxyl groups is 2. The molecule has 1 aromatic rings. The predicted molar refractivity (Wildman–Crippen MR) is 74.6 cm³/mol. The van der Waals surface area contributed by atoms with Crippen molar-refractivity contribution in [3.05, 3.63) is 23.8 Å². The van der Waals surface area contributed by atoms with Crippen molar-refractivity contribution in [1.29, 1.82) is 0 Å². The van der Waals surface area contributed by atoms with Crippen molar-refractivity contribution in [1.82, 2.24) is 5.32 Å². The van der Waals surface area contributed by atoms with Crippen molar-refractivity contribution in [3.63, 3.8) is 0 Å². The maximum Gasteiger partial charge on any atom is 0.333 e. The highest BCUT2D eigenvalue weighted by Crippen LogP contribution is 2.27. The van der Waals surface area contributed by atoms with E-state index in [0.29, 0.717) is 12.1 Å². The maximum atomic E-state index is 9.72. The third kappa shape index (κ3) is 7.43. The SMILES string of the molecule is CNCC(O)c1ccc(O)c(O)c1.O=C(O)CC(O)C(=O)O. The molecule has 0 aromatic heterocycles. The molecule has 9 nitrogen and oxygen atoms in total. The summed E-state index contributed by atoms with van der Waals surface area (Å²) >= 11 is 0. The Hall–Kier alpha value is -2.36. The topological polar surface area (TPSA) is 168 Å². The molecule has 0 amide bonds. The molecule has 2 unspecified atom stereocenters. The van der Waals surface area contributed by atoms with E-state index < -0.39 is 30.6 Å². The average Bonchev–Trinajstić information content (AvgIpc) is 2.42. The summed E-state index contributed by atoms with van der Waals surface area (Å²) in [5, 5.41) is 54.6. The van der Waals surface area contributed by atoms with Crippen LogP contribution in [0.25, 0.3) is 0 Å². The Morgan fingerprint density at radius 3 is 2.09 bits per heavy atom. The number of phenolic OH excluding ortho intramolecular Hbond substituents is 2. The van der Waals surface area contributed by atoms with E-state index in [1.165, 1.54) is 12.1 Å². The molecule has 0 aliphatic rings. The van der Waals surface area contributed by atoms with Gasteiger partial charge in [0, 0.05) is 6.54 Å². The number of phenols is 2. The van der Waals surface area contributed by atoms with Crippen LogP contribution in [-0.4, -0.2) is 62.3 Å². The molecule has 0 saturated carbocycles. The summed E-state index contributed by atoms with van der Waals surface area (Å²) in [5.41, 5.74) is 0.574. The van der Waals surface area contributed by atoms with Gasteiger partial charge in [-0.25, -0.2) is 4.79 Å². The van der Waals surface area contributed by atoms with Gasteiger partial charge >= 0.3 is 11.9 Å². The number of hydrogen-bond donors (Lipinski definition) is 7. The van der Waals surface area contributed by atoms with Gasteiger partial charge in [-0.05, 0) is 24.7 Å². The van der Waals surface area contributed by atoms with Gasteiger partial charge in [-0.2, -0.15) is 0 Å². The van der Waals surface area contributed by atoms with Gasteiger partial charge in [-0.3, -0.25) is 4.79 Å². The molecule has 1 aromatic carbocycles. The van der Waals surface area contributed by atoms with Crippen molar-refractivity contribution in [2.45, 2.75) is 18.6 Å². The predicted octanol–water partition coefficient (Wildman–Crippen LogP) is -0.743. The number of benzene rings is 1. The van der Waals surface area contributed by atoms with E-state index in [9.17, 15) is 14.7 Å². The lowest BCUT2D eigenvalue weighted by atomic mass is 10.1. The van der Waals surface area contributed by atoms with Gasteiger partial charge < -0.3 is 36.0 Å². The fourth-order valence-corrected chi connectivity index (χ4v) is 1.31. The number of rotatable bonds is 6. The number of carboxylic acids is 2. The first-order valence-corrected chi connectivity index (χ1v) is 6.16. The van der Waals surface area contributed by atoms with E-state index in [4.69, 9.17) is 25.5 Å². The van der Waals surface area contributed by atoms with Crippen LogP contribution in [0.3, 0.4) is 0 Å². The molecule has 1 rings (SSSR count). The van der Waals surface area contributed by atoms with Crippen LogP contribution in [0.5, 0.6) is 11.5 Å². The van der Waals surface area contributed by atoms with Crippen LogP contribution >= 0.6 is 0 Å². The van der Waals surface area contributed by atoms with Gasteiger partial charge in [0.25, 0.3) is 0 Å². The van der Waals surface area contributed by atoms with Crippen molar-refractivity contribution in [2.75, 3.05) is 13.6 Å². The quantitative estimate of drug-likeness (QED) is 0.334. The number of aliphatic carboxylic acids is 2. The minimum Gasteiger partial charge on any atom is -0.504 e. The molecule has 0 bridgehead atoms. The Morgan fingerprint density at radius 1 is 1.14 bits per heavy atom. The van der Waals surface area contributed by atoms with E-state index in [-0.39, 0.29) is 11.5 Å². The lowest BCUT2D eigenvalue weighted by molar-refractivity contribution is -0.152. The number of likely N-dealkylation sites (N-methyl/N-ethyl adjacent to an activating group) is 1. The molecular formula is C13H19NO8. The van der Waals surface area contributed by atoms with E-state index in [0.717, 1.165) is 0 Å². The summed E-state index contributed by atoms with van der Waals surface area (Å²) in [6.07, 6.45) is -3.21. The van der Waals surface area contributed by atoms with Gasteiger partial charge in [-0.1, -0.05) is 6.07 Å². The number of aromatic hydroxyl groups is 2. The minimum absolute atomic E-state index is 0.180. The van der Waals surface area contributed by atoms with Gasteiger partial charge in [0.1, 0.15) is 0 Å². The molecule has 0 aliphatic heterocycles. The Labute approximate surface area is 126 Å². The van der Waals surface area contributed by atoms with Crippen molar-refractivity contribution in [2.24, 2.45) is 0 Å². The van der Waals surface area contributed by atoms with Gasteiger partial charge in [-0.15, -0.1) is 0 Å². The summed E-state index contributed by atoms with van der Waals surface area (Å²) in [6, 6.07) is 4.26. The summed E-state index contributed by atoms with van der Waals surface area (Å²) in [4.78, 5) is 19.4. The van der Waals surface area contributed by atoms with Crippen LogP contribution in [-0.2, 0) is 9.59 Å². The smallest absolute Gasteiger partial charge is 0.333 e. The van der Waals surface area contributed by atoms with Crippen LogP contribution in [0, 0.1) is 0 Å². The monoisotopic (exact) mass is 317 g/mol. The van der Waals surface area contributed by atoms with Gasteiger partial charge in [0.05, 0.1) is 12.5 Å². The molecule has 2 atom stereocenters. The van der Waals surface area contributed by atoms with Crippen molar-refractivity contribution in [3.8, 4) is 11.5 Å². The van der Waals surface area contributed by atoms with Crippen molar-refractivity contribution >= 4 is 11.9 Å². The first-order valence-electron chi connectivity index (χ1n) is 6.16. The van der Waals surface area contributed by atoms with Crippen LogP contribution in [0.1, 0.15) is 18.1 Å². The third-order valence-corrected chi connectivity index (χ3v) is 2.43. The normalized spacial score (nSPS) is 12.7. The van der Waals surface area contributed by atoms with Crippen LogP contribution in [0.2, 0.25) is 0 Å². The Morgan fingerprint density at radius 2 is 1.73 bits per heavy atom. The Balaban J connectivity index is 0.000000433. The highest BCUT2D eigenvalue weighted by Gasteiger charge is 2.16. The molecule has 0 radical (unpaired) electrons. The van der Waals surface area contributed by atoms with E-state index in [1.54, 1.807) is 13.1 Å². The molecule has 0 fully saturated rings. The molecule has 22 heavy (non-hydrogen) atoms. The zero-order chi connectivity index (χ0) is 17.3.